The van der Waals surface area contributed by atoms with Gasteiger partial charge in [-0.3, -0.25) is 0 Å². The van der Waals surface area contributed by atoms with Gasteiger partial charge in [0.1, 0.15) is 12.4 Å². The van der Waals surface area contributed by atoms with Crippen LogP contribution in [0, 0.1) is 6.92 Å². The Labute approximate surface area is 111 Å². The van der Waals surface area contributed by atoms with Gasteiger partial charge in [-0.15, -0.1) is 0 Å². The molecular formula is C15H14BrO. The first kappa shape index (κ1) is 12.2. The molecule has 0 N–H and O–H groups in total. The minimum Gasteiger partial charge on any atom is -0.489 e. The van der Waals surface area contributed by atoms with E-state index in [0.717, 1.165) is 16.6 Å². The summed E-state index contributed by atoms with van der Waals surface area (Å²) in [6, 6.07) is 16.2. The standard InChI is InChI=1S/C15H14BrO/c1-2-13-8-9-14(10-15(13)16)17-11-12-6-4-3-5-7-12/h3-10H,1-2,11H2. The van der Waals surface area contributed by atoms with Gasteiger partial charge in [-0.05, 0) is 36.6 Å². The molecule has 0 aromatic heterocycles. The average molecular weight is 290 g/mol. The van der Waals surface area contributed by atoms with Gasteiger partial charge in [-0.1, -0.05) is 52.3 Å². The summed E-state index contributed by atoms with van der Waals surface area (Å²) >= 11 is 3.51. The molecule has 0 heterocycles. The van der Waals surface area contributed by atoms with Crippen LogP contribution in [-0.4, -0.2) is 0 Å². The van der Waals surface area contributed by atoms with Crippen molar-refractivity contribution in [1.29, 1.82) is 0 Å². The van der Waals surface area contributed by atoms with Crippen molar-refractivity contribution >= 4 is 15.9 Å². The van der Waals surface area contributed by atoms with Gasteiger partial charge in [-0.25, -0.2) is 0 Å². The zero-order chi connectivity index (χ0) is 12.1. The third-order valence-electron chi connectivity index (χ3n) is 2.54. The molecule has 2 aromatic carbocycles. The van der Waals surface area contributed by atoms with E-state index in [1.165, 1.54) is 11.1 Å². The zero-order valence-corrected chi connectivity index (χ0v) is 11.1. The first-order valence-corrected chi connectivity index (χ1v) is 6.33. The van der Waals surface area contributed by atoms with E-state index in [0.29, 0.717) is 6.61 Å². The van der Waals surface area contributed by atoms with Crippen LogP contribution in [0.2, 0.25) is 0 Å². The highest BCUT2D eigenvalue weighted by Gasteiger charge is 2.00. The van der Waals surface area contributed by atoms with Crippen molar-refractivity contribution in [3.05, 3.63) is 71.1 Å². The number of halogens is 1. The first-order valence-electron chi connectivity index (χ1n) is 5.54. The molecule has 0 saturated carbocycles. The van der Waals surface area contributed by atoms with Gasteiger partial charge >= 0.3 is 0 Å². The summed E-state index contributed by atoms with van der Waals surface area (Å²) in [5, 5.41) is 0. The number of ether oxygens (including phenoxy) is 1. The maximum atomic E-state index is 5.72. The van der Waals surface area contributed by atoms with Crippen LogP contribution in [0.25, 0.3) is 0 Å². The summed E-state index contributed by atoms with van der Waals surface area (Å²) in [6.45, 7) is 4.46. The molecule has 0 spiro atoms. The van der Waals surface area contributed by atoms with E-state index in [4.69, 9.17) is 4.74 Å². The lowest BCUT2D eigenvalue weighted by molar-refractivity contribution is 0.306. The Kier molecular flexibility index (Phi) is 4.21. The monoisotopic (exact) mass is 289 g/mol. The van der Waals surface area contributed by atoms with Crippen molar-refractivity contribution in [2.24, 2.45) is 0 Å². The van der Waals surface area contributed by atoms with Gasteiger partial charge in [-0.2, -0.15) is 0 Å². The second-order valence-electron chi connectivity index (χ2n) is 3.78. The maximum Gasteiger partial charge on any atom is 0.120 e. The zero-order valence-electron chi connectivity index (χ0n) is 9.53. The van der Waals surface area contributed by atoms with Crippen LogP contribution in [0.4, 0.5) is 0 Å². The Morgan fingerprint density at radius 2 is 1.82 bits per heavy atom. The van der Waals surface area contributed by atoms with Gasteiger partial charge < -0.3 is 4.74 Å². The lowest BCUT2D eigenvalue weighted by atomic mass is 10.2. The highest BCUT2D eigenvalue weighted by molar-refractivity contribution is 9.10. The molecule has 2 aromatic rings. The fourth-order valence-electron chi connectivity index (χ4n) is 1.56. The molecule has 0 aliphatic rings. The second kappa shape index (κ2) is 5.87. The van der Waals surface area contributed by atoms with Gasteiger partial charge in [0.15, 0.2) is 0 Å². The van der Waals surface area contributed by atoms with Crippen LogP contribution in [-0.2, 0) is 13.0 Å². The minimum absolute atomic E-state index is 0.594. The number of benzene rings is 2. The molecule has 0 fully saturated rings. The summed E-state index contributed by atoms with van der Waals surface area (Å²) in [4.78, 5) is 0. The van der Waals surface area contributed by atoms with Crippen LogP contribution in [0.1, 0.15) is 11.1 Å². The van der Waals surface area contributed by atoms with Gasteiger partial charge in [0.25, 0.3) is 0 Å². The van der Waals surface area contributed by atoms with Crippen molar-refractivity contribution in [2.45, 2.75) is 13.0 Å². The molecular weight excluding hydrogens is 276 g/mol. The first-order chi connectivity index (χ1) is 8.29. The Bertz CT molecular complexity index is 480. The number of hydrogen-bond donors (Lipinski definition) is 0. The molecule has 0 aliphatic carbocycles. The second-order valence-corrected chi connectivity index (χ2v) is 4.63. The van der Waals surface area contributed by atoms with Crippen LogP contribution < -0.4 is 4.74 Å². The normalized spacial score (nSPS) is 10.2. The lowest BCUT2D eigenvalue weighted by Crippen LogP contribution is -1.95. The van der Waals surface area contributed by atoms with Gasteiger partial charge in [0.2, 0.25) is 0 Å². The van der Waals surface area contributed by atoms with Crippen LogP contribution in [0.5, 0.6) is 5.75 Å². The van der Waals surface area contributed by atoms with Crippen molar-refractivity contribution in [1.82, 2.24) is 0 Å². The Morgan fingerprint density at radius 1 is 1.06 bits per heavy atom. The molecule has 0 atom stereocenters. The van der Waals surface area contributed by atoms with Crippen LogP contribution in [0.3, 0.4) is 0 Å². The molecule has 0 bridgehead atoms. The molecule has 1 nitrogen and oxygen atoms in total. The summed E-state index contributed by atoms with van der Waals surface area (Å²) in [7, 11) is 0. The quantitative estimate of drug-likeness (QED) is 0.810. The van der Waals surface area contributed by atoms with Gasteiger partial charge in [0.05, 0.1) is 0 Å². The molecule has 2 heteroatoms. The molecule has 0 unspecified atom stereocenters. The average Bonchev–Trinajstić information content (AvgIpc) is 2.38. The van der Waals surface area contributed by atoms with E-state index in [2.05, 4.69) is 35.0 Å². The molecule has 17 heavy (non-hydrogen) atoms. The minimum atomic E-state index is 0.594. The highest BCUT2D eigenvalue weighted by atomic mass is 79.9. The van der Waals surface area contributed by atoms with E-state index in [-0.39, 0.29) is 0 Å². The summed E-state index contributed by atoms with van der Waals surface area (Å²) < 4.78 is 6.78. The molecule has 0 saturated heterocycles. The Hall–Kier alpha value is -1.28. The Morgan fingerprint density at radius 3 is 2.47 bits per heavy atom. The summed E-state index contributed by atoms with van der Waals surface area (Å²) in [5.41, 5.74) is 2.36. The van der Waals surface area contributed by atoms with Crippen LogP contribution in [0.15, 0.2) is 53.0 Å². The molecule has 1 radical (unpaired) electrons. The van der Waals surface area contributed by atoms with E-state index < -0.39 is 0 Å². The predicted octanol–water partition coefficient (Wildman–Crippen LogP) is 4.40. The van der Waals surface area contributed by atoms with Crippen molar-refractivity contribution < 1.29 is 4.74 Å². The Balaban J connectivity index is 2.02. The summed E-state index contributed by atoms with van der Waals surface area (Å²) in [6.07, 6.45) is 0.777. The van der Waals surface area contributed by atoms with E-state index in [1.54, 1.807) is 0 Å². The number of hydrogen-bond acceptors (Lipinski definition) is 1. The third kappa shape index (κ3) is 3.34. The SMILES string of the molecule is [CH2]Cc1ccc(OCc2ccccc2)cc1Br. The topological polar surface area (TPSA) is 9.23 Å². The molecule has 0 amide bonds. The fourth-order valence-corrected chi connectivity index (χ4v) is 2.12. The predicted molar refractivity (Wildman–Crippen MR) is 74.0 cm³/mol. The molecule has 0 aliphatic heterocycles. The lowest BCUT2D eigenvalue weighted by Gasteiger charge is -2.08. The third-order valence-corrected chi connectivity index (χ3v) is 3.28. The van der Waals surface area contributed by atoms with Crippen molar-refractivity contribution in [3.8, 4) is 5.75 Å². The maximum absolute atomic E-state index is 5.72. The molecule has 87 valence electrons. The molecule has 2 rings (SSSR count). The van der Waals surface area contributed by atoms with E-state index in [9.17, 15) is 0 Å². The van der Waals surface area contributed by atoms with Gasteiger partial charge in [0, 0.05) is 4.47 Å². The number of rotatable bonds is 4. The van der Waals surface area contributed by atoms with E-state index >= 15 is 0 Å². The van der Waals surface area contributed by atoms with Crippen molar-refractivity contribution in [2.75, 3.05) is 0 Å². The van der Waals surface area contributed by atoms with Crippen molar-refractivity contribution in [3.63, 3.8) is 0 Å². The smallest absolute Gasteiger partial charge is 0.120 e. The largest absolute Gasteiger partial charge is 0.489 e. The van der Waals surface area contributed by atoms with E-state index in [1.807, 2.05) is 36.4 Å². The fraction of sp³-hybridized carbons (Fsp3) is 0.133. The summed E-state index contributed by atoms with van der Waals surface area (Å²) in [5.74, 6) is 0.873. The van der Waals surface area contributed by atoms with Crippen LogP contribution >= 0.6 is 15.9 Å². The highest BCUT2D eigenvalue weighted by Crippen LogP contribution is 2.24.